The van der Waals surface area contributed by atoms with Gasteiger partial charge in [0.05, 0.1) is 7.11 Å². The minimum absolute atomic E-state index is 0.0200. The molecule has 1 heterocycles. The third kappa shape index (κ3) is 6.27. The first-order valence-electron chi connectivity index (χ1n) is 6.69. The van der Waals surface area contributed by atoms with Crippen LogP contribution in [0.5, 0.6) is 0 Å². The van der Waals surface area contributed by atoms with Crippen LogP contribution in [0.2, 0.25) is 0 Å². The lowest BCUT2D eigenvalue weighted by atomic mass is 9.98. The van der Waals surface area contributed by atoms with Crippen molar-refractivity contribution in [3.05, 3.63) is 0 Å². The predicted octanol–water partition coefficient (Wildman–Crippen LogP) is 1.04. The summed E-state index contributed by atoms with van der Waals surface area (Å²) >= 11 is 1.88. The molecule has 6 nitrogen and oxygen atoms in total. The molecule has 0 aromatic rings. The highest BCUT2D eigenvalue weighted by molar-refractivity contribution is 7.99. The summed E-state index contributed by atoms with van der Waals surface area (Å²) in [6.45, 7) is 0. The molecule has 0 saturated carbocycles. The summed E-state index contributed by atoms with van der Waals surface area (Å²) in [5.74, 6) is 0.604. The summed E-state index contributed by atoms with van der Waals surface area (Å²) in [5, 5.41) is 11.5. The zero-order valence-corrected chi connectivity index (χ0v) is 12.4. The average molecular weight is 303 g/mol. The van der Waals surface area contributed by atoms with E-state index in [0.29, 0.717) is 12.3 Å². The number of nitrogens with one attached hydrogen (secondary N) is 1. The molecule has 114 valence electrons. The van der Waals surface area contributed by atoms with Gasteiger partial charge in [0.1, 0.15) is 6.04 Å². The van der Waals surface area contributed by atoms with Crippen molar-refractivity contribution >= 4 is 29.6 Å². The summed E-state index contributed by atoms with van der Waals surface area (Å²) < 4.78 is 4.46. The Bertz CT molecular complexity index is 355. The fourth-order valence-electron chi connectivity index (χ4n) is 2.09. The molecule has 1 rings (SSSR count). The van der Waals surface area contributed by atoms with E-state index in [1.54, 1.807) is 0 Å². The van der Waals surface area contributed by atoms with Gasteiger partial charge in [-0.1, -0.05) is 0 Å². The van der Waals surface area contributed by atoms with Gasteiger partial charge in [0.15, 0.2) is 0 Å². The zero-order chi connectivity index (χ0) is 15.0. The van der Waals surface area contributed by atoms with E-state index in [2.05, 4.69) is 10.1 Å². The first-order chi connectivity index (χ1) is 9.52. The number of hydrogen-bond acceptors (Lipinski definition) is 5. The molecule has 0 radical (unpaired) electrons. The fraction of sp³-hybridized carbons (Fsp3) is 0.769. The van der Waals surface area contributed by atoms with E-state index < -0.39 is 18.0 Å². The number of ether oxygens (including phenoxy) is 1. The molecular weight excluding hydrogens is 282 g/mol. The normalized spacial score (nSPS) is 17.2. The first-order valence-corrected chi connectivity index (χ1v) is 7.85. The standard InChI is InChI=1S/C13H21NO5S/c1-19-12(16)3-2-10(13(17)18)14-11(15)8-9-4-6-20-7-5-9/h9-10H,2-8H2,1H3,(H,14,15)(H,17,18). The van der Waals surface area contributed by atoms with Crippen LogP contribution in [0.15, 0.2) is 0 Å². The Kier molecular flexibility index (Phi) is 7.43. The second kappa shape index (κ2) is 8.84. The third-order valence-corrected chi connectivity index (χ3v) is 4.36. The molecule has 7 heteroatoms. The monoisotopic (exact) mass is 303 g/mol. The maximum absolute atomic E-state index is 11.8. The maximum atomic E-state index is 11.8. The predicted molar refractivity (Wildman–Crippen MR) is 75.5 cm³/mol. The van der Waals surface area contributed by atoms with E-state index in [1.165, 1.54) is 7.11 Å². The van der Waals surface area contributed by atoms with Gasteiger partial charge in [0.2, 0.25) is 5.91 Å². The number of amides is 1. The van der Waals surface area contributed by atoms with E-state index in [9.17, 15) is 14.4 Å². The van der Waals surface area contributed by atoms with Gasteiger partial charge >= 0.3 is 11.9 Å². The second-order valence-corrected chi connectivity index (χ2v) is 6.06. The lowest BCUT2D eigenvalue weighted by molar-refractivity contribution is -0.144. The van der Waals surface area contributed by atoms with Crippen LogP contribution in [0.25, 0.3) is 0 Å². The number of carbonyl (C=O) groups is 3. The number of thioether (sulfide) groups is 1. The van der Waals surface area contributed by atoms with Crippen LogP contribution in [-0.4, -0.2) is 47.6 Å². The van der Waals surface area contributed by atoms with Crippen LogP contribution in [0.1, 0.15) is 32.1 Å². The van der Waals surface area contributed by atoms with Crippen molar-refractivity contribution in [1.82, 2.24) is 5.32 Å². The molecule has 0 aromatic carbocycles. The largest absolute Gasteiger partial charge is 0.480 e. The van der Waals surface area contributed by atoms with E-state index >= 15 is 0 Å². The molecule has 1 saturated heterocycles. The third-order valence-electron chi connectivity index (χ3n) is 3.31. The van der Waals surface area contributed by atoms with Gasteiger partial charge < -0.3 is 15.2 Å². The summed E-state index contributed by atoms with van der Waals surface area (Å²) in [6.07, 6.45) is 2.39. The number of hydrogen-bond donors (Lipinski definition) is 2. The summed E-state index contributed by atoms with van der Waals surface area (Å²) in [6, 6.07) is -1.03. The Balaban J connectivity index is 2.37. The quantitative estimate of drug-likeness (QED) is 0.683. The SMILES string of the molecule is COC(=O)CCC(NC(=O)CC1CCSCC1)C(=O)O. The zero-order valence-electron chi connectivity index (χ0n) is 11.6. The number of carboxylic acid groups (broad SMARTS) is 1. The van der Waals surface area contributed by atoms with E-state index in [1.807, 2.05) is 11.8 Å². The van der Waals surface area contributed by atoms with Crippen molar-refractivity contribution in [1.29, 1.82) is 0 Å². The number of carbonyl (C=O) groups excluding carboxylic acids is 2. The number of esters is 1. The van der Waals surface area contributed by atoms with Crippen LogP contribution in [0.3, 0.4) is 0 Å². The molecule has 1 amide bonds. The second-order valence-electron chi connectivity index (χ2n) is 4.83. The molecule has 0 aromatic heterocycles. The lowest BCUT2D eigenvalue weighted by Gasteiger charge is -2.21. The highest BCUT2D eigenvalue weighted by Crippen LogP contribution is 2.25. The van der Waals surface area contributed by atoms with Crippen LogP contribution < -0.4 is 5.32 Å². The number of rotatable bonds is 7. The Morgan fingerprint density at radius 2 is 2.00 bits per heavy atom. The molecule has 2 N–H and O–H groups in total. The number of aliphatic carboxylic acids is 1. The highest BCUT2D eigenvalue weighted by atomic mass is 32.2. The Labute approximate surface area is 122 Å². The van der Waals surface area contributed by atoms with Gasteiger partial charge in [0, 0.05) is 12.8 Å². The average Bonchev–Trinajstić information content (AvgIpc) is 2.43. The van der Waals surface area contributed by atoms with Gasteiger partial charge in [-0.25, -0.2) is 4.79 Å². The molecule has 1 atom stereocenters. The number of carboxylic acids is 1. The van der Waals surface area contributed by atoms with Crippen molar-refractivity contribution in [3.63, 3.8) is 0 Å². The Morgan fingerprint density at radius 3 is 2.55 bits per heavy atom. The Hall–Kier alpha value is -1.24. The maximum Gasteiger partial charge on any atom is 0.326 e. The first kappa shape index (κ1) is 16.8. The summed E-state index contributed by atoms with van der Waals surface area (Å²) in [5.41, 5.74) is 0. The van der Waals surface area contributed by atoms with Gasteiger partial charge in [-0.15, -0.1) is 0 Å². The van der Waals surface area contributed by atoms with Crippen LogP contribution in [0, 0.1) is 5.92 Å². The van der Waals surface area contributed by atoms with Crippen molar-refractivity contribution in [3.8, 4) is 0 Å². The van der Waals surface area contributed by atoms with Gasteiger partial charge in [-0.05, 0) is 36.7 Å². The van der Waals surface area contributed by atoms with Gasteiger partial charge in [-0.2, -0.15) is 11.8 Å². The summed E-state index contributed by atoms with van der Waals surface area (Å²) in [4.78, 5) is 33.9. The minimum Gasteiger partial charge on any atom is -0.480 e. The molecule has 0 aliphatic carbocycles. The smallest absolute Gasteiger partial charge is 0.326 e. The van der Waals surface area contributed by atoms with Crippen molar-refractivity contribution in [2.45, 2.75) is 38.1 Å². The summed E-state index contributed by atoms with van der Waals surface area (Å²) in [7, 11) is 1.25. The van der Waals surface area contributed by atoms with Crippen LogP contribution in [-0.2, 0) is 19.1 Å². The molecule has 1 fully saturated rings. The van der Waals surface area contributed by atoms with E-state index in [0.717, 1.165) is 24.3 Å². The molecule has 20 heavy (non-hydrogen) atoms. The molecule has 0 spiro atoms. The fourth-order valence-corrected chi connectivity index (χ4v) is 3.29. The molecule has 1 aliphatic rings. The minimum atomic E-state index is -1.12. The van der Waals surface area contributed by atoms with E-state index in [-0.39, 0.29) is 18.7 Å². The topological polar surface area (TPSA) is 92.7 Å². The van der Waals surface area contributed by atoms with Crippen molar-refractivity contribution in [2.75, 3.05) is 18.6 Å². The lowest BCUT2D eigenvalue weighted by Crippen LogP contribution is -2.41. The van der Waals surface area contributed by atoms with E-state index in [4.69, 9.17) is 5.11 Å². The molecule has 1 aliphatic heterocycles. The van der Waals surface area contributed by atoms with Gasteiger partial charge in [-0.3, -0.25) is 9.59 Å². The van der Waals surface area contributed by atoms with Crippen molar-refractivity contribution < 1.29 is 24.2 Å². The highest BCUT2D eigenvalue weighted by Gasteiger charge is 2.23. The van der Waals surface area contributed by atoms with Gasteiger partial charge in [0.25, 0.3) is 0 Å². The van der Waals surface area contributed by atoms with Crippen LogP contribution >= 0.6 is 11.8 Å². The van der Waals surface area contributed by atoms with Crippen LogP contribution in [0.4, 0.5) is 0 Å². The van der Waals surface area contributed by atoms with Crippen molar-refractivity contribution in [2.24, 2.45) is 5.92 Å². The molecule has 0 bridgehead atoms. The number of methoxy groups -OCH3 is 1. The molecular formula is C13H21NO5S. The molecule has 1 unspecified atom stereocenters. The Morgan fingerprint density at radius 1 is 1.35 bits per heavy atom.